The average molecular weight is 460 g/mol. The molecule has 0 spiro atoms. The van der Waals surface area contributed by atoms with Gasteiger partial charge in [-0.05, 0) is 58.5 Å². The number of aliphatic hydroxyl groups excluding tert-OH is 1. The molecule has 1 aromatic heterocycles. The van der Waals surface area contributed by atoms with E-state index in [1.165, 1.54) is 4.70 Å². The Morgan fingerprint density at radius 2 is 2.05 bits per heavy atom. The number of hydrogen-bond acceptors (Lipinski definition) is 3. The first kappa shape index (κ1) is 14.4. The molecule has 0 aliphatic heterocycles. The number of hydrogen-bond donors (Lipinski definition) is 1. The van der Waals surface area contributed by atoms with Gasteiger partial charge in [0.15, 0.2) is 0 Å². The molecule has 0 saturated carbocycles. The van der Waals surface area contributed by atoms with Crippen molar-refractivity contribution in [3.05, 3.63) is 61.1 Å². The van der Waals surface area contributed by atoms with Crippen LogP contribution < -0.4 is 0 Å². The van der Waals surface area contributed by atoms with Crippen LogP contribution in [0.5, 0.6) is 0 Å². The topological polar surface area (TPSA) is 33.1 Å². The van der Waals surface area contributed by atoms with E-state index in [1.807, 2.05) is 36.4 Å². The quantitative estimate of drug-likeness (QED) is 0.562. The van der Waals surface area contributed by atoms with E-state index >= 15 is 0 Å². The molecule has 2 aromatic carbocycles. The van der Waals surface area contributed by atoms with Crippen molar-refractivity contribution in [2.45, 2.75) is 12.5 Å². The van der Waals surface area contributed by atoms with Crippen LogP contribution >= 0.6 is 49.9 Å². The van der Waals surface area contributed by atoms with E-state index in [-0.39, 0.29) is 0 Å². The molecule has 3 aromatic rings. The smallest absolute Gasteiger partial charge is 0.0967 e. The molecule has 1 atom stereocenters. The third kappa shape index (κ3) is 3.05. The van der Waals surface area contributed by atoms with Crippen LogP contribution in [0.25, 0.3) is 10.2 Å². The van der Waals surface area contributed by atoms with E-state index < -0.39 is 6.10 Å². The zero-order chi connectivity index (χ0) is 14.1. The Balaban J connectivity index is 1.88. The summed E-state index contributed by atoms with van der Waals surface area (Å²) in [6, 6.07) is 14.0. The fourth-order valence-electron chi connectivity index (χ4n) is 2.05. The number of halogens is 2. The highest BCUT2D eigenvalue weighted by atomic mass is 127. The number of rotatable bonds is 3. The largest absolute Gasteiger partial charge is 0.388 e. The van der Waals surface area contributed by atoms with Crippen molar-refractivity contribution in [1.82, 2.24) is 4.98 Å². The van der Waals surface area contributed by atoms with Gasteiger partial charge in [0.1, 0.15) is 0 Å². The second kappa shape index (κ2) is 6.09. The van der Waals surface area contributed by atoms with Crippen LogP contribution in [0.4, 0.5) is 0 Å². The van der Waals surface area contributed by atoms with Crippen molar-refractivity contribution in [2.24, 2.45) is 0 Å². The minimum atomic E-state index is -0.528. The second-order valence-corrected chi connectivity index (χ2v) is 7.65. The number of thiazole rings is 1. The molecule has 1 unspecified atom stereocenters. The Kier molecular flexibility index (Phi) is 4.40. The normalized spacial score (nSPS) is 12.8. The molecule has 0 amide bonds. The highest BCUT2D eigenvalue weighted by Crippen LogP contribution is 2.29. The lowest BCUT2D eigenvalue weighted by atomic mass is 10.1. The number of aliphatic hydroxyl groups is 1. The Morgan fingerprint density at radius 3 is 2.85 bits per heavy atom. The first-order valence-corrected chi connectivity index (χ1v) is 8.80. The highest BCUT2D eigenvalue weighted by Gasteiger charge is 2.15. The zero-order valence-electron chi connectivity index (χ0n) is 10.4. The van der Waals surface area contributed by atoms with Gasteiger partial charge in [0.25, 0.3) is 0 Å². The molecule has 0 saturated heterocycles. The predicted molar refractivity (Wildman–Crippen MR) is 95.1 cm³/mol. The number of fused-ring (bicyclic) bond motifs is 1. The Bertz CT molecular complexity index is 725. The molecule has 1 heterocycles. The lowest BCUT2D eigenvalue weighted by Gasteiger charge is -2.11. The maximum Gasteiger partial charge on any atom is 0.0967 e. The number of benzene rings is 2. The van der Waals surface area contributed by atoms with Crippen molar-refractivity contribution in [3.8, 4) is 0 Å². The Hall–Kier alpha value is -0.500. The van der Waals surface area contributed by atoms with Gasteiger partial charge < -0.3 is 5.11 Å². The van der Waals surface area contributed by atoms with Gasteiger partial charge in [0.2, 0.25) is 0 Å². The predicted octanol–water partition coefficient (Wildman–Crippen LogP) is 4.94. The molecule has 20 heavy (non-hydrogen) atoms. The Morgan fingerprint density at radius 1 is 1.25 bits per heavy atom. The first-order chi connectivity index (χ1) is 9.63. The van der Waals surface area contributed by atoms with E-state index in [0.29, 0.717) is 6.42 Å². The standard InChI is InChI=1S/C15H11BrINOS/c16-9-5-6-11(17)10(7-9)13(19)8-15-18-12-3-1-2-4-14(12)20-15/h1-7,13,19H,8H2. The van der Waals surface area contributed by atoms with Gasteiger partial charge in [0.05, 0.1) is 21.3 Å². The Labute approximate surface area is 143 Å². The van der Waals surface area contributed by atoms with Gasteiger partial charge in [0, 0.05) is 14.5 Å². The third-order valence-electron chi connectivity index (χ3n) is 3.02. The van der Waals surface area contributed by atoms with Crippen LogP contribution in [0.3, 0.4) is 0 Å². The summed E-state index contributed by atoms with van der Waals surface area (Å²) >= 11 is 7.35. The monoisotopic (exact) mass is 459 g/mol. The van der Waals surface area contributed by atoms with E-state index in [4.69, 9.17) is 0 Å². The summed E-state index contributed by atoms with van der Waals surface area (Å²) in [5.41, 5.74) is 1.95. The van der Waals surface area contributed by atoms with Crippen molar-refractivity contribution < 1.29 is 5.11 Å². The van der Waals surface area contributed by atoms with E-state index in [9.17, 15) is 5.11 Å². The van der Waals surface area contributed by atoms with Crippen molar-refractivity contribution in [2.75, 3.05) is 0 Å². The molecule has 0 bridgehead atoms. The lowest BCUT2D eigenvalue weighted by molar-refractivity contribution is 0.177. The summed E-state index contributed by atoms with van der Waals surface area (Å²) in [5.74, 6) is 0. The minimum absolute atomic E-state index is 0.528. The van der Waals surface area contributed by atoms with E-state index in [0.717, 1.165) is 24.1 Å². The molecule has 0 fully saturated rings. The molecule has 0 aliphatic carbocycles. The van der Waals surface area contributed by atoms with Gasteiger partial charge in [-0.2, -0.15) is 0 Å². The van der Waals surface area contributed by atoms with Crippen LogP contribution in [0.2, 0.25) is 0 Å². The van der Waals surface area contributed by atoms with Crippen LogP contribution in [-0.2, 0) is 6.42 Å². The molecule has 2 nitrogen and oxygen atoms in total. The van der Waals surface area contributed by atoms with Gasteiger partial charge in [-0.1, -0.05) is 28.1 Å². The summed E-state index contributed by atoms with van der Waals surface area (Å²) in [4.78, 5) is 4.57. The maximum absolute atomic E-state index is 10.4. The van der Waals surface area contributed by atoms with Gasteiger partial charge in [-0.3, -0.25) is 0 Å². The van der Waals surface area contributed by atoms with Crippen LogP contribution in [0, 0.1) is 3.57 Å². The molecular formula is C15H11BrINOS. The fraction of sp³-hybridized carbons (Fsp3) is 0.133. The van der Waals surface area contributed by atoms with Crippen LogP contribution in [-0.4, -0.2) is 10.1 Å². The minimum Gasteiger partial charge on any atom is -0.388 e. The molecule has 0 radical (unpaired) electrons. The number of aromatic nitrogens is 1. The number of para-hydroxylation sites is 1. The average Bonchev–Trinajstić information content (AvgIpc) is 2.83. The maximum atomic E-state index is 10.4. The second-order valence-electron chi connectivity index (χ2n) is 4.46. The molecule has 3 rings (SSSR count). The van der Waals surface area contributed by atoms with Crippen molar-refractivity contribution in [3.63, 3.8) is 0 Å². The molecule has 0 aliphatic rings. The van der Waals surface area contributed by atoms with Crippen molar-refractivity contribution in [1.29, 1.82) is 0 Å². The van der Waals surface area contributed by atoms with Crippen LogP contribution in [0.15, 0.2) is 46.9 Å². The zero-order valence-corrected chi connectivity index (χ0v) is 14.9. The summed E-state index contributed by atoms with van der Waals surface area (Å²) in [5, 5.41) is 11.4. The third-order valence-corrected chi connectivity index (χ3v) is 5.56. The number of nitrogens with zero attached hydrogens (tertiary/aromatic N) is 1. The molecule has 1 N–H and O–H groups in total. The first-order valence-electron chi connectivity index (χ1n) is 6.11. The fourth-order valence-corrected chi connectivity index (χ4v) is 4.13. The molecule has 5 heteroatoms. The summed E-state index contributed by atoms with van der Waals surface area (Å²) in [7, 11) is 0. The summed E-state index contributed by atoms with van der Waals surface area (Å²) in [6.07, 6.45) is 0.0196. The van der Waals surface area contributed by atoms with Gasteiger partial charge in [-0.15, -0.1) is 11.3 Å². The lowest BCUT2D eigenvalue weighted by Crippen LogP contribution is -2.03. The van der Waals surface area contributed by atoms with Crippen LogP contribution in [0.1, 0.15) is 16.7 Å². The van der Waals surface area contributed by atoms with Gasteiger partial charge >= 0.3 is 0 Å². The van der Waals surface area contributed by atoms with E-state index in [1.54, 1.807) is 11.3 Å². The molecular weight excluding hydrogens is 449 g/mol. The highest BCUT2D eigenvalue weighted by molar-refractivity contribution is 14.1. The van der Waals surface area contributed by atoms with Crippen molar-refractivity contribution >= 4 is 60.1 Å². The SMILES string of the molecule is OC(Cc1nc2ccccc2s1)c1cc(Br)ccc1I. The summed E-state index contributed by atoms with van der Waals surface area (Å²) < 4.78 is 3.22. The molecule has 102 valence electrons. The van der Waals surface area contributed by atoms with E-state index in [2.05, 4.69) is 49.6 Å². The summed E-state index contributed by atoms with van der Waals surface area (Å²) in [6.45, 7) is 0. The van der Waals surface area contributed by atoms with Gasteiger partial charge in [-0.25, -0.2) is 4.98 Å².